The summed E-state index contributed by atoms with van der Waals surface area (Å²) in [5, 5.41) is 9.46. The minimum Gasteiger partial charge on any atom is -0.393 e. The van der Waals surface area contributed by atoms with Gasteiger partial charge in [0, 0.05) is 0 Å². The second kappa shape index (κ2) is 19.8. The molecule has 0 aromatic rings. The summed E-state index contributed by atoms with van der Waals surface area (Å²) in [6, 6.07) is 0. The summed E-state index contributed by atoms with van der Waals surface area (Å²) in [5.74, 6) is 0. The van der Waals surface area contributed by atoms with Gasteiger partial charge in [-0.25, -0.2) is 0 Å². The molecule has 0 aliphatic carbocycles. The minimum absolute atomic E-state index is 0.266. The van der Waals surface area contributed by atoms with Crippen molar-refractivity contribution in [3.63, 3.8) is 0 Å². The van der Waals surface area contributed by atoms with Crippen molar-refractivity contribution in [1.82, 2.24) is 0 Å². The van der Waals surface area contributed by atoms with Crippen molar-refractivity contribution in [2.45, 2.75) is 154 Å². The van der Waals surface area contributed by atoms with Crippen LogP contribution in [0.25, 0.3) is 0 Å². The van der Waals surface area contributed by atoms with Crippen LogP contribution in [-0.2, 0) is 10.1 Å². The smallest absolute Gasteiger partial charge is 0.267 e. The Morgan fingerprint density at radius 2 is 0.862 bits per heavy atom. The second-order valence-electron chi connectivity index (χ2n) is 8.90. The van der Waals surface area contributed by atoms with E-state index in [1.165, 1.54) is 64.2 Å². The fourth-order valence-electron chi connectivity index (χ4n) is 4.00. The molecular formula is C24H50O4S. The normalized spacial score (nSPS) is 14.2. The third kappa shape index (κ3) is 19.6. The molecule has 0 amide bonds. The van der Waals surface area contributed by atoms with Crippen molar-refractivity contribution < 1.29 is 18.1 Å². The van der Waals surface area contributed by atoms with Gasteiger partial charge in [0.15, 0.2) is 0 Å². The molecule has 0 heterocycles. The Morgan fingerprint density at radius 1 is 0.552 bits per heavy atom. The van der Waals surface area contributed by atoms with E-state index in [0.29, 0.717) is 12.8 Å². The molecule has 176 valence electrons. The van der Waals surface area contributed by atoms with Crippen molar-refractivity contribution in [3.05, 3.63) is 0 Å². The molecule has 2 N–H and O–H groups in total. The lowest BCUT2D eigenvalue weighted by Gasteiger charge is -2.15. The third-order valence-electron chi connectivity index (χ3n) is 6.01. The van der Waals surface area contributed by atoms with Gasteiger partial charge in [-0.05, 0) is 25.7 Å². The summed E-state index contributed by atoms with van der Waals surface area (Å²) < 4.78 is 32.8. The van der Waals surface area contributed by atoms with E-state index >= 15 is 0 Å². The van der Waals surface area contributed by atoms with Crippen molar-refractivity contribution in [1.29, 1.82) is 0 Å². The van der Waals surface area contributed by atoms with E-state index in [2.05, 4.69) is 13.8 Å². The highest BCUT2D eigenvalue weighted by molar-refractivity contribution is 7.86. The molecule has 0 aliphatic rings. The number of unbranched alkanes of at least 4 members (excludes halogenated alkanes) is 13. The summed E-state index contributed by atoms with van der Waals surface area (Å²) in [4.78, 5) is 0. The number of aliphatic hydroxyl groups is 1. The molecule has 0 saturated carbocycles. The average Bonchev–Trinajstić information content (AvgIpc) is 2.67. The van der Waals surface area contributed by atoms with E-state index in [1.54, 1.807) is 0 Å². The van der Waals surface area contributed by atoms with Gasteiger partial charge >= 0.3 is 0 Å². The number of aliphatic hydroxyl groups excluding tert-OH is 1. The van der Waals surface area contributed by atoms with Gasteiger partial charge in [-0.2, -0.15) is 8.42 Å². The van der Waals surface area contributed by atoms with E-state index < -0.39 is 15.4 Å². The largest absolute Gasteiger partial charge is 0.393 e. The fourth-order valence-corrected chi connectivity index (χ4v) is 4.93. The van der Waals surface area contributed by atoms with Crippen LogP contribution in [0.1, 0.15) is 142 Å². The lowest BCUT2D eigenvalue weighted by atomic mass is 10.0. The molecule has 2 unspecified atom stereocenters. The molecule has 0 rings (SSSR count). The van der Waals surface area contributed by atoms with Crippen LogP contribution >= 0.6 is 0 Å². The summed E-state index contributed by atoms with van der Waals surface area (Å²) in [7, 11) is -3.96. The van der Waals surface area contributed by atoms with Crippen molar-refractivity contribution in [3.8, 4) is 0 Å². The Labute approximate surface area is 182 Å². The van der Waals surface area contributed by atoms with Crippen LogP contribution in [0.4, 0.5) is 0 Å². The third-order valence-corrected chi connectivity index (χ3v) is 7.32. The van der Waals surface area contributed by atoms with Crippen LogP contribution in [-0.4, -0.2) is 29.4 Å². The minimum atomic E-state index is -3.96. The number of hydrogen-bond donors (Lipinski definition) is 2. The summed E-state index contributed by atoms with van der Waals surface area (Å²) in [6.45, 7) is 4.43. The SMILES string of the molecule is CCCCCCCCCCC(CCCCC(O)CCCCCCCC)S(=O)(=O)O. The molecule has 0 bridgehead atoms. The Morgan fingerprint density at radius 3 is 1.28 bits per heavy atom. The summed E-state index contributed by atoms with van der Waals surface area (Å²) in [5.41, 5.74) is 0. The summed E-state index contributed by atoms with van der Waals surface area (Å²) in [6.07, 6.45) is 20.8. The van der Waals surface area contributed by atoms with Crippen LogP contribution in [0.2, 0.25) is 0 Å². The first kappa shape index (κ1) is 28.9. The zero-order chi connectivity index (χ0) is 21.8. The van der Waals surface area contributed by atoms with E-state index in [1.807, 2.05) is 0 Å². The first-order chi connectivity index (χ1) is 13.9. The monoisotopic (exact) mass is 434 g/mol. The molecule has 0 saturated heterocycles. The van der Waals surface area contributed by atoms with Crippen LogP contribution in [0, 0.1) is 0 Å². The highest BCUT2D eigenvalue weighted by Crippen LogP contribution is 2.20. The van der Waals surface area contributed by atoms with E-state index in [0.717, 1.165) is 51.4 Å². The molecule has 0 aliphatic heterocycles. The first-order valence-electron chi connectivity index (χ1n) is 12.6. The lowest BCUT2D eigenvalue weighted by Crippen LogP contribution is -2.20. The van der Waals surface area contributed by atoms with E-state index in [4.69, 9.17) is 0 Å². The molecular weight excluding hydrogens is 384 g/mol. The van der Waals surface area contributed by atoms with E-state index in [9.17, 15) is 18.1 Å². The standard InChI is InChI=1S/C24H50O4S/c1-3-5-7-9-11-12-14-16-21-24(29(26,27)28)22-18-17-20-23(25)19-15-13-10-8-6-4-2/h23-25H,3-22H2,1-2H3,(H,26,27,28). The Hall–Kier alpha value is -0.130. The van der Waals surface area contributed by atoms with Crippen LogP contribution in [0.15, 0.2) is 0 Å². The molecule has 29 heavy (non-hydrogen) atoms. The van der Waals surface area contributed by atoms with Gasteiger partial charge in [0.1, 0.15) is 0 Å². The van der Waals surface area contributed by atoms with Crippen molar-refractivity contribution >= 4 is 10.1 Å². The van der Waals surface area contributed by atoms with Gasteiger partial charge in [-0.15, -0.1) is 0 Å². The number of hydrogen-bond acceptors (Lipinski definition) is 3. The molecule has 0 fully saturated rings. The highest BCUT2D eigenvalue weighted by atomic mass is 32.2. The molecule has 5 heteroatoms. The maximum atomic E-state index is 11.7. The topological polar surface area (TPSA) is 74.6 Å². The summed E-state index contributed by atoms with van der Waals surface area (Å²) >= 11 is 0. The molecule has 0 aromatic heterocycles. The van der Waals surface area contributed by atoms with Crippen molar-refractivity contribution in [2.24, 2.45) is 0 Å². The molecule has 0 radical (unpaired) electrons. The fraction of sp³-hybridized carbons (Fsp3) is 1.00. The Kier molecular flexibility index (Phi) is 19.7. The Balaban J connectivity index is 3.79. The highest BCUT2D eigenvalue weighted by Gasteiger charge is 2.22. The van der Waals surface area contributed by atoms with E-state index in [-0.39, 0.29) is 6.10 Å². The molecule has 2 atom stereocenters. The zero-order valence-corrected chi connectivity index (χ0v) is 20.2. The second-order valence-corrected chi connectivity index (χ2v) is 10.6. The maximum absolute atomic E-state index is 11.7. The lowest BCUT2D eigenvalue weighted by molar-refractivity contribution is 0.147. The quantitative estimate of drug-likeness (QED) is 0.137. The maximum Gasteiger partial charge on any atom is 0.267 e. The molecule has 0 aromatic carbocycles. The zero-order valence-electron chi connectivity index (χ0n) is 19.4. The van der Waals surface area contributed by atoms with Gasteiger partial charge in [0.25, 0.3) is 10.1 Å². The van der Waals surface area contributed by atoms with Crippen LogP contribution in [0.5, 0.6) is 0 Å². The van der Waals surface area contributed by atoms with Gasteiger partial charge in [-0.3, -0.25) is 4.55 Å². The van der Waals surface area contributed by atoms with Crippen LogP contribution in [0.3, 0.4) is 0 Å². The van der Waals surface area contributed by atoms with Crippen LogP contribution < -0.4 is 0 Å². The van der Waals surface area contributed by atoms with Crippen molar-refractivity contribution in [2.75, 3.05) is 0 Å². The van der Waals surface area contributed by atoms with Gasteiger partial charge in [0.2, 0.25) is 0 Å². The average molecular weight is 435 g/mol. The number of rotatable bonds is 22. The van der Waals surface area contributed by atoms with Gasteiger partial charge < -0.3 is 5.11 Å². The molecule has 4 nitrogen and oxygen atoms in total. The van der Waals surface area contributed by atoms with Gasteiger partial charge in [-0.1, -0.05) is 117 Å². The molecule has 0 spiro atoms. The Bertz CT molecular complexity index is 436. The predicted molar refractivity (Wildman–Crippen MR) is 125 cm³/mol. The predicted octanol–water partition coefficient (Wildman–Crippen LogP) is 7.45. The first-order valence-corrected chi connectivity index (χ1v) is 14.1. The van der Waals surface area contributed by atoms with Gasteiger partial charge in [0.05, 0.1) is 11.4 Å².